The fraction of sp³-hybridized carbons (Fsp3) is 0.444. The Morgan fingerprint density at radius 2 is 2.17 bits per heavy atom. The number of halogens is 1. The van der Waals surface area contributed by atoms with Crippen LogP contribution in [0.25, 0.3) is 0 Å². The summed E-state index contributed by atoms with van der Waals surface area (Å²) in [6, 6.07) is 10.6. The zero-order chi connectivity index (χ0) is 16.1. The third-order valence-corrected chi connectivity index (χ3v) is 4.09. The minimum absolute atomic E-state index is 0. The molecular weight excluding hydrogens is 413 g/mol. The predicted octanol–water partition coefficient (Wildman–Crippen LogP) is 3.17. The van der Waals surface area contributed by atoms with E-state index in [0.717, 1.165) is 38.6 Å². The fourth-order valence-electron chi connectivity index (χ4n) is 2.98. The van der Waals surface area contributed by atoms with Gasteiger partial charge in [0.05, 0.1) is 0 Å². The smallest absolute Gasteiger partial charge is 0.198 e. The fourth-order valence-corrected chi connectivity index (χ4v) is 2.98. The average molecular weight is 439 g/mol. The minimum Gasteiger partial charge on any atom is -0.356 e. The molecule has 2 aromatic rings. The van der Waals surface area contributed by atoms with Gasteiger partial charge in [-0.3, -0.25) is 9.67 Å². The second kappa shape index (κ2) is 9.05. The Morgan fingerprint density at radius 3 is 2.92 bits per heavy atom. The molecule has 3 rings (SSSR count). The Labute approximate surface area is 161 Å². The molecule has 1 N–H and O–H groups in total. The van der Waals surface area contributed by atoms with E-state index in [0.29, 0.717) is 5.92 Å². The van der Waals surface area contributed by atoms with Crippen LogP contribution >= 0.6 is 24.0 Å². The van der Waals surface area contributed by atoms with E-state index >= 15 is 0 Å². The molecule has 130 valence electrons. The molecule has 1 aromatic heterocycles. The monoisotopic (exact) mass is 439 g/mol. The molecule has 2 heterocycles. The van der Waals surface area contributed by atoms with Gasteiger partial charge in [0.15, 0.2) is 5.96 Å². The van der Waals surface area contributed by atoms with Gasteiger partial charge in [0.25, 0.3) is 0 Å². The van der Waals surface area contributed by atoms with Crippen LogP contribution in [0, 0.1) is 5.92 Å². The highest BCUT2D eigenvalue weighted by atomic mass is 127. The van der Waals surface area contributed by atoms with Crippen LogP contribution in [0.5, 0.6) is 0 Å². The zero-order valence-corrected chi connectivity index (χ0v) is 16.7. The molecule has 0 spiro atoms. The van der Waals surface area contributed by atoms with Crippen molar-refractivity contribution in [2.45, 2.75) is 26.8 Å². The van der Waals surface area contributed by atoms with Crippen LogP contribution < -0.4 is 10.2 Å². The molecule has 0 fully saturated rings. The SMILES string of the molecule is CCNC(=NCC(C)Cn1cccn1)N1CCc2ccccc21.I. The lowest BCUT2D eigenvalue weighted by atomic mass is 10.2. The molecular formula is C18H26IN5. The topological polar surface area (TPSA) is 45.5 Å². The van der Waals surface area contributed by atoms with Gasteiger partial charge in [0.2, 0.25) is 0 Å². The van der Waals surface area contributed by atoms with Gasteiger partial charge in [-0.15, -0.1) is 24.0 Å². The summed E-state index contributed by atoms with van der Waals surface area (Å²) in [4.78, 5) is 7.17. The highest BCUT2D eigenvalue weighted by Gasteiger charge is 2.22. The maximum Gasteiger partial charge on any atom is 0.198 e. The van der Waals surface area contributed by atoms with Gasteiger partial charge < -0.3 is 10.2 Å². The lowest BCUT2D eigenvalue weighted by Crippen LogP contribution is -2.41. The van der Waals surface area contributed by atoms with Gasteiger partial charge in [-0.2, -0.15) is 5.10 Å². The maximum absolute atomic E-state index is 4.87. The molecule has 0 saturated heterocycles. The van der Waals surface area contributed by atoms with Gasteiger partial charge in [-0.25, -0.2) is 0 Å². The van der Waals surface area contributed by atoms with Crippen molar-refractivity contribution in [3.05, 3.63) is 48.3 Å². The Bertz CT molecular complexity index is 653. The van der Waals surface area contributed by atoms with Gasteiger partial charge in [0.1, 0.15) is 0 Å². The predicted molar refractivity (Wildman–Crippen MR) is 110 cm³/mol. The van der Waals surface area contributed by atoms with Crippen molar-refractivity contribution >= 4 is 35.6 Å². The number of anilines is 1. The first-order chi connectivity index (χ1) is 11.3. The van der Waals surface area contributed by atoms with Crippen LogP contribution in [0.2, 0.25) is 0 Å². The van der Waals surface area contributed by atoms with Crippen LogP contribution in [0.1, 0.15) is 19.4 Å². The Morgan fingerprint density at radius 1 is 1.33 bits per heavy atom. The molecule has 1 aromatic carbocycles. The number of hydrogen-bond donors (Lipinski definition) is 1. The second-order valence-corrected chi connectivity index (χ2v) is 6.06. The van der Waals surface area contributed by atoms with Gasteiger partial charge in [-0.05, 0) is 37.0 Å². The molecule has 1 aliphatic heterocycles. The lowest BCUT2D eigenvalue weighted by Gasteiger charge is -2.23. The van der Waals surface area contributed by atoms with E-state index in [9.17, 15) is 0 Å². The summed E-state index contributed by atoms with van der Waals surface area (Å²) in [7, 11) is 0. The van der Waals surface area contributed by atoms with Gasteiger partial charge in [0, 0.05) is 44.3 Å². The molecule has 5 nitrogen and oxygen atoms in total. The standard InChI is InChI=1S/C18H25N5.HI/c1-3-19-18(20-13-15(2)14-22-11-6-10-21-22)23-12-9-16-7-4-5-8-17(16)23;/h4-8,10-11,15H,3,9,12-14H2,1-2H3,(H,19,20);1H. The number of aliphatic imine (C=N–C) groups is 1. The van der Waals surface area contributed by atoms with E-state index in [1.54, 1.807) is 0 Å². The molecule has 1 unspecified atom stereocenters. The summed E-state index contributed by atoms with van der Waals surface area (Å²) in [5.41, 5.74) is 2.69. The first-order valence-corrected chi connectivity index (χ1v) is 8.39. The van der Waals surface area contributed by atoms with Gasteiger partial charge >= 0.3 is 0 Å². The normalized spacial score (nSPS) is 14.9. The number of guanidine groups is 1. The molecule has 1 aliphatic rings. The molecule has 0 saturated carbocycles. The van der Waals surface area contributed by atoms with Crippen molar-refractivity contribution in [1.82, 2.24) is 15.1 Å². The molecule has 0 aliphatic carbocycles. The lowest BCUT2D eigenvalue weighted by molar-refractivity contribution is 0.458. The summed E-state index contributed by atoms with van der Waals surface area (Å²) >= 11 is 0. The van der Waals surface area contributed by atoms with E-state index < -0.39 is 0 Å². The Balaban J connectivity index is 0.00000208. The molecule has 0 bridgehead atoms. The molecule has 6 heteroatoms. The Kier molecular flexibility index (Phi) is 7.08. The van der Waals surface area contributed by atoms with Crippen molar-refractivity contribution in [2.24, 2.45) is 10.9 Å². The van der Waals surface area contributed by atoms with Crippen LogP contribution in [-0.4, -0.2) is 35.4 Å². The number of hydrogen-bond acceptors (Lipinski definition) is 2. The summed E-state index contributed by atoms with van der Waals surface area (Å²) in [5, 5.41) is 7.70. The third kappa shape index (κ3) is 4.49. The summed E-state index contributed by atoms with van der Waals surface area (Å²) in [6.45, 7) is 7.90. The van der Waals surface area contributed by atoms with Crippen molar-refractivity contribution in [1.29, 1.82) is 0 Å². The van der Waals surface area contributed by atoms with E-state index in [-0.39, 0.29) is 24.0 Å². The Hall–Kier alpha value is -1.57. The van der Waals surface area contributed by atoms with Crippen LogP contribution in [0.15, 0.2) is 47.7 Å². The zero-order valence-electron chi connectivity index (χ0n) is 14.4. The number of para-hydroxylation sites is 1. The summed E-state index contributed by atoms with van der Waals surface area (Å²) in [5.74, 6) is 1.44. The third-order valence-electron chi connectivity index (χ3n) is 4.09. The summed E-state index contributed by atoms with van der Waals surface area (Å²) in [6.07, 6.45) is 4.91. The van der Waals surface area contributed by atoms with E-state index in [1.165, 1.54) is 11.3 Å². The number of aromatic nitrogens is 2. The highest BCUT2D eigenvalue weighted by molar-refractivity contribution is 14.0. The van der Waals surface area contributed by atoms with Crippen LogP contribution in [-0.2, 0) is 13.0 Å². The van der Waals surface area contributed by atoms with Gasteiger partial charge in [-0.1, -0.05) is 25.1 Å². The average Bonchev–Trinajstić information content (AvgIpc) is 3.21. The van der Waals surface area contributed by atoms with E-state index in [4.69, 9.17) is 4.99 Å². The first-order valence-electron chi connectivity index (χ1n) is 8.39. The van der Waals surface area contributed by atoms with Crippen LogP contribution in [0.4, 0.5) is 5.69 Å². The largest absolute Gasteiger partial charge is 0.356 e. The van der Waals surface area contributed by atoms with E-state index in [2.05, 4.69) is 53.4 Å². The molecule has 24 heavy (non-hydrogen) atoms. The highest BCUT2D eigenvalue weighted by Crippen LogP contribution is 2.27. The van der Waals surface area contributed by atoms with Crippen molar-refractivity contribution in [2.75, 3.05) is 24.5 Å². The quantitative estimate of drug-likeness (QED) is 0.442. The van der Waals surface area contributed by atoms with Crippen molar-refractivity contribution < 1.29 is 0 Å². The number of nitrogens with one attached hydrogen (secondary N) is 1. The molecule has 0 amide bonds. The number of nitrogens with zero attached hydrogens (tertiary/aromatic N) is 4. The van der Waals surface area contributed by atoms with Crippen molar-refractivity contribution in [3.8, 4) is 0 Å². The number of rotatable bonds is 5. The summed E-state index contributed by atoms with van der Waals surface area (Å²) < 4.78 is 1.97. The second-order valence-electron chi connectivity index (χ2n) is 6.06. The van der Waals surface area contributed by atoms with Crippen LogP contribution in [0.3, 0.4) is 0 Å². The molecule has 1 atom stereocenters. The minimum atomic E-state index is 0. The maximum atomic E-state index is 4.87. The molecule has 0 radical (unpaired) electrons. The van der Waals surface area contributed by atoms with E-state index in [1.807, 2.05) is 23.1 Å². The number of benzene rings is 1. The van der Waals surface area contributed by atoms with Crippen molar-refractivity contribution in [3.63, 3.8) is 0 Å². The number of fused-ring (bicyclic) bond motifs is 1. The first kappa shape index (κ1) is 18.8.